The molecule has 0 radical (unpaired) electrons. The highest BCUT2D eigenvalue weighted by molar-refractivity contribution is 5.94. The zero-order chi connectivity index (χ0) is 39.2. The van der Waals surface area contributed by atoms with E-state index in [1.165, 1.54) is 52.6 Å². The van der Waals surface area contributed by atoms with E-state index < -0.39 is 41.7 Å². The fourth-order valence-corrected chi connectivity index (χ4v) is 7.07. The largest absolute Gasteiger partial charge is 0.386 e. The Morgan fingerprint density at radius 3 is 1.70 bits per heavy atom. The molecule has 0 spiro atoms. The molecule has 0 saturated carbocycles. The first-order valence-corrected chi connectivity index (χ1v) is 17.4. The molecular formula is C40H38F4N10O2. The van der Waals surface area contributed by atoms with Crippen molar-refractivity contribution in [3.8, 4) is 12.1 Å². The maximum Gasteiger partial charge on any atom is 0.175 e. The minimum atomic E-state index is -1.22. The number of nitriles is 2. The van der Waals surface area contributed by atoms with E-state index in [1.54, 1.807) is 60.3 Å². The van der Waals surface area contributed by atoms with Crippen LogP contribution in [-0.2, 0) is 5.60 Å². The first kappa shape index (κ1) is 39.3. The van der Waals surface area contributed by atoms with Crippen LogP contribution >= 0.6 is 0 Å². The van der Waals surface area contributed by atoms with Crippen LogP contribution in [0.15, 0.2) is 73.3 Å². The number of hydrogen-bond donors (Lipinski definition) is 1. The van der Waals surface area contributed by atoms with Crippen molar-refractivity contribution in [1.82, 2.24) is 29.2 Å². The Morgan fingerprint density at radius 1 is 0.786 bits per heavy atom. The molecular weight excluding hydrogens is 728 g/mol. The predicted molar refractivity (Wildman–Crippen MR) is 199 cm³/mol. The van der Waals surface area contributed by atoms with E-state index in [-0.39, 0.29) is 44.7 Å². The van der Waals surface area contributed by atoms with Crippen LogP contribution in [0.5, 0.6) is 0 Å². The lowest BCUT2D eigenvalue weighted by molar-refractivity contribution is 0.0781. The molecule has 0 bridgehead atoms. The highest BCUT2D eigenvalue weighted by Gasteiger charge is 2.36. The summed E-state index contributed by atoms with van der Waals surface area (Å²) < 4.78 is 59.8. The third-order valence-corrected chi connectivity index (χ3v) is 9.76. The molecule has 2 aromatic carbocycles. The lowest BCUT2D eigenvalue weighted by Crippen LogP contribution is -2.25. The van der Waals surface area contributed by atoms with E-state index in [0.29, 0.717) is 50.7 Å². The van der Waals surface area contributed by atoms with Crippen LogP contribution in [0.4, 0.5) is 29.2 Å². The number of alkyl halides is 2. The van der Waals surface area contributed by atoms with Crippen LogP contribution in [0, 0.1) is 34.3 Å². The minimum absolute atomic E-state index is 0. The molecule has 2 saturated heterocycles. The number of anilines is 2. The van der Waals surface area contributed by atoms with E-state index >= 15 is 0 Å². The maximum absolute atomic E-state index is 14.3. The van der Waals surface area contributed by atoms with Gasteiger partial charge in [0.05, 0.1) is 43.2 Å². The smallest absolute Gasteiger partial charge is 0.175 e. The SMILES string of the molecule is C.CC(=O)c1cc(F)cc([C@H]2C[C@H](F)CN2c2ccn3ncc(C#N)c3n2)c1.CC(C)(O)c1cc(F)cc([C@H]2C[C@H](F)CN2c2ccn3ncc(C#N)c3n2)c1. The van der Waals surface area contributed by atoms with Gasteiger partial charge in [0, 0.05) is 30.8 Å². The molecule has 12 nitrogen and oxygen atoms in total. The number of carbonyl (C=O) groups excluding carboxylic acids is 1. The van der Waals surface area contributed by atoms with E-state index in [0.717, 1.165) is 0 Å². The summed E-state index contributed by atoms with van der Waals surface area (Å²) in [5.41, 5.74) is 1.96. The molecule has 16 heteroatoms. The average Bonchev–Trinajstić information content (AvgIpc) is 3.94. The van der Waals surface area contributed by atoms with Crippen molar-refractivity contribution in [2.24, 2.45) is 0 Å². The summed E-state index contributed by atoms with van der Waals surface area (Å²) >= 11 is 0. The van der Waals surface area contributed by atoms with Crippen molar-refractivity contribution in [2.75, 3.05) is 22.9 Å². The van der Waals surface area contributed by atoms with Crippen molar-refractivity contribution < 1.29 is 27.5 Å². The number of benzene rings is 2. The number of halogens is 4. The van der Waals surface area contributed by atoms with Crippen LogP contribution in [0.25, 0.3) is 11.3 Å². The van der Waals surface area contributed by atoms with Crippen molar-refractivity contribution in [3.05, 3.63) is 118 Å². The van der Waals surface area contributed by atoms with E-state index in [9.17, 15) is 38.0 Å². The van der Waals surface area contributed by atoms with Crippen LogP contribution in [0.3, 0.4) is 0 Å². The number of nitrogens with zero attached hydrogens (tertiary/aromatic N) is 10. The van der Waals surface area contributed by atoms with Crippen molar-refractivity contribution in [2.45, 2.75) is 71.1 Å². The zero-order valence-electron chi connectivity index (χ0n) is 29.9. The molecule has 56 heavy (non-hydrogen) atoms. The molecule has 8 rings (SSSR count). The first-order chi connectivity index (χ1) is 26.2. The lowest BCUT2D eigenvalue weighted by Gasteiger charge is -2.27. The summed E-state index contributed by atoms with van der Waals surface area (Å²) in [6.07, 6.45) is 4.28. The summed E-state index contributed by atoms with van der Waals surface area (Å²) in [5, 5.41) is 36.7. The third-order valence-electron chi connectivity index (χ3n) is 9.76. The molecule has 4 aromatic heterocycles. The van der Waals surface area contributed by atoms with Gasteiger partial charge in [-0.1, -0.05) is 13.5 Å². The molecule has 6 heterocycles. The van der Waals surface area contributed by atoms with Gasteiger partial charge in [-0.3, -0.25) is 4.79 Å². The Morgan fingerprint density at radius 2 is 1.25 bits per heavy atom. The first-order valence-electron chi connectivity index (χ1n) is 17.4. The molecule has 0 unspecified atom stereocenters. The summed E-state index contributed by atoms with van der Waals surface area (Å²) in [7, 11) is 0. The molecule has 0 aliphatic carbocycles. The lowest BCUT2D eigenvalue weighted by atomic mass is 9.93. The summed E-state index contributed by atoms with van der Waals surface area (Å²) in [6, 6.07) is 15.0. The number of rotatable bonds is 6. The van der Waals surface area contributed by atoms with E-state index in [2.05, 4.69) is 20.2 Å². The molecule has 1 N–H and O–H groups in total. The van der Waals surface area contributed by atoms with Gasteiger partial charge in [-0.15, -0.1) is 0 Å². The number of Topliss-reactive ketones (excluding diaryl/α,β-unsaturated/α-hetero) is 1. The molecule has 4 atom stereocenters. The number of ketones is 1. The van der Waals surface area contributed by atoms with Gasteiger partial charge >= 0.3 is 0 Å². The molecule has 6 aromatic rings. The topological polar surface area (TPSA) is 152 Å². The molecule has 2 fully saturated rings. The van der Waals surface area contributed by atoms with Gasteiger partial charge in [0.1, 0.15) is 58.9 Å². The van der Waals surface area contributed by atoms with Crippen molar-refractivity contribution >= 4 is 28.7 Å². The zero-order valence-corrected chi connectivity index (χ0v) is 29.9. The predicted octanol–water partition coefficient (Wildman–Crippen LogP) is 7.13. The number of hydrogen-bond acceptors (Lipinski definition) is 10. The second-order valence-electron chi connectivity index (χ2n) is 14.1. The van der Waals surface area contributed by atoms with Gasteiger partial charge in [-0.25, -0.2) is 36.6 Å². The summed E-state index contributed by atoms with van der Waals surface area (Å²) in [4.78, 5) is 24.1. The van der Waals surface area contributed by atoms with Gasteiger partial charge in [-0.2, -0.15) is 20.7 Å². The van der Waals surface area contributed by atoms with Crippen molar-refractivity contribution in [3.63, 3.8) is 0 Å². The highest BCUT2D eigenvalue weighted by atomic mass is 19.1. The van der Waals surface area contributed by atoms with Crippen LogP contribution in [-0.4, -0.2) is 65.5 Å². The number of aliphatic hydroxyl groups is 1. The van der Waals surface area contributed by atoms with Gasteiger partial charge in [-0.05, 0) is 79.9 Å². The molecule has 2 aliphatic rings. The number of carbonyl (C=O) groups is 1. The van der Waals surface area contributed by atoms with Gasteiger partial charge in [0.2, 0.25) is 0 Å². The summed E-state index contributed by atoms with van der Waals surface area (Å²) in [6.45, 7) is 4.72. The Kier molecular flexibility index (Phi) is 10.8. The molecule has 2 aliphatic heterocycles. The second kappa shape index (κ2) is 15.4. The standard InChI is InChI=1S/C20H19F2N5O.C19H15F2N5O.CH4/c1-20(2,28)14-5-12(6-15(21)7-14)17-8-16(22)11-26(17)18-3-4-27-19(25-18)13(9-23)10-24-27;1-11(27)12-4-13(6-15(20)5-12)17-7-16(21)10-25(17)18-2-3-26-19(24-18)14(8-22)9-23-26;/h3-7,10,16-17,28H,8,11H2,1-2H3;2-6,9,16-17H,7,10H2,1H3;1H4/t2*16-,17+;/m00./s1. The van der Waals surface area contributed by atoms with E-state index in [1.807, 2.05) is 12.1 Å². The van der Waals surface area contributed by atoms with Crippen molar-refractivity contribution in [1.29, 1.82) is 10.5 Å². The Labute approximate surface area is 319 Å². The average molecular weight is 767 g/mol. The minimum Gasteiger partial charge on any atom is -0.386 e. The normalized spacial score (nSPS) is 19.3. The number of aromatic nitrogens is 6. The van der Waals surface area contributed by atoms with Crippen LogP contribution in [0.1, 0.15) is 91.3 Å². The number of fused-ring (bicyclic) bond motifs is 2. The maximum atomic E-state index is 14.3. The quantitative estimate of drug-likeness (QED) is 0.137. The summed E-state index contributed by atoms with van der Waals surface area (Å²) in [5.74, 6) is -0.314. The fourth-order valence-electron chi connectivity index (χ4n) is 7.07. The molecule has 0 amide bonds. The fraction of sp³-hybridized carbons (Fsp3) is 0.325. The Bertz CT molecular complexity index is 2520. The van der Waals surface area contributed by atoms with Crippen LogP contribution < -0.4 is 9.80 Å². The Balaban J connectivity index is 0.000000187. The third kappa shape index (κ3) is 7.74. The Hall–Kier alpha value is -6.39. The second-order valence-corrected chi connectivity index (χ2v) is 14.1. The van der Waals surface area contributed by atoms with E-state index in [4.69, 9.17) is 0 Å². The van der Waals surface area contributed by atoms with Gasteiger partial charge in [0.25, 0.3) is 0 Å². The highest BCUT2D eigenvalue weighted by Crippen LogP contribution is 2.39. The molecule has 288 valence electrons. The van der Waals surface area contributed by atoms with Gasteiger partial charge in [0.15, 0.2) is 17.1 Å². The van der Waals surface area contributed by atoms with Crippen LogP contribution in [0.2, 0.25) is 0 Å². The van der Waals surface area contributed by atoms with Gasteiger partial charge < -0.3 is 14.9 Å². The monoisotopic (exact) mass is 766 g/mol.